The quantitative estimate of drug-likeness (QED) is 0.563. The molecule has 0 aliphatic rings. The standard InChI is InChI=1S/C20H27ClN2O2/c1-15(2)9-12-25-18-6-4-5-16(13-18)22-10-11-23-17-7-8-20(24-3)19(21)14-17/h4-8,13-15,22-23H,9-12H2,1-3H3. The molecule has 0 saturated carbocycles. The van der Waals surface area contributed by atoms with Gasteiger partial charge in [0.1, 0.15) is 11.5 Å². The molecule has 4 nitrogen and oxygen atoms in total. The molecule has 0 radical (unpaired) electrons. The van der Waals surface area contributed by atoms with Gasteiger partial charge < -0.3 is 20.1 Å². The van der Waals surface area contributed by atoms with Crippen molar-refractivity contribution in [2.75, 3.05) is 37.4 Å². The van der Waals surface area contributed by atoms with Gasteiger partial charge in [-0.05, 0) is 42.7 Å². The van der Waals surface area contributed by atoms with Gasteiger partial charge in [0.2, 0.25) is 0 Å². The number of ether oxygens (including phenoxy) is 2. The largest absolute Gasteiger partial charge is 0.495 e. The van der Waals surface area contributed by atoms with Crippen LogP contribution in [0.15, 0.2) is 42.5 Å². The number of hydrogen-bond acceptors (Lipinski definition) is 4. The number of halogens is 1. The summed E-state index contributed by atoms with van der Waals surface area (Å²) in [6.45, 7) is 6.72. The van der Waals surface area contributed by atoms with Gasteiger partial charge in [0.05, 0.1) is 18.7 Å². The topological polar surface area (TPSA) is 42.5 Å². The van der Waals surface area contributed by atoms with Crippen molar-refractivity contribution in [1.82, 2.24) is 0 Å². The van der Waals surface area contributed by atoms with Gasteiger partial charge in [-0.2, -0.15) is 0 Å². The highest BCUT2D eigenvalue weighted by molar-refractivity contribution is 6.32. The molecule has 2 aromatic rings. The summed E-state index contributed by atoms with van der Waals surface area (Å²) in [4.78, 5) is 0. The maximum absolute atomic E-state index is 6.12. The number of methoxy groups -OCH3 is 1. The Kier molecular flexibility index (Phi) is 7.74. The first-order valence-electron chi connectivity index (χ1n) is 8.62. The zero-order chi connectivity index (χ0) is 18.1. The van der Waals surface area contributed by atoms with Crippen LogP contribution in [-0.4, -0.2) is 26.8 Å². The monoisotopic (exact) mass is 362 g/mol. The van der Waals surface area contributed by atoms with Crippen LogP contribution >= 0.6 is 11.6 Å². The molecule has 0 saturated heterocycles. The molecule has 0 amide bonds. The first-order valence-corrected chi connectivity index (χ1v) is 9.00. The third-order valence-electron chi connectivity index (χ3n) is 3.73. The Morgan fingerprint density at radius 3 is 2.36 bits per heavy atom. The predicted molar refractivity (Wildman–Crippen MR) is 106 cm³/mol. The zero-order valence-electron chi connectivity index (χ0n) is 15.1. The Hall–Kier alpha value is -2.07. The molecule has 0 aliphatic heterocycles. The molecule has 2 rings (SSSR count). The summed E-state index contributed by atoms with van der Waals surface area (Å²) < 4.78 is 10.9. The second-order valence-corrected chi connectivity index (χ2v) is 6.67. The van der Waals surface area contributed by atoms with Crippen molar-refractivity contribution in [2.24, 2.45) is 5.92 Å². The number of anilines is 2. The summed E-state index contributed by atoms with van der Waals surface area (Å²) in [5, 5.41) is 7.33. The van der Waals surface area contributed by atoms with Gasteiger partial charge in [0, 0.05) is 30.5 Å². The van der Waals surface area contributed by atoms with Crippen LogP contribution in [0, 0.1) is 5.92 Å². The average Bonchev–Trinajstić information content (AvgIpc) is 2.59. The van der Waals surface area contributed by atoms with Crippen molar-refractivity contribution in [1.29, 1.82) is 0 Å². The van der Waals surface area contributed by atoms with E-state index in [0.717, 1.165) is 43.2 Å². The minimum atomic E-state index is 0.603. The number of rotatable bonds is 10. The van der Waals surface area contributed by atoms with Crippen molar-refractivity contribution >= 4 is 23.0 Å². The van der Waals surface area contributed by atoms with E-state index in [1.165, 1.54) is 0 Å². The van der Waals surface area contributed by atoms with Gasteiger partial charge in [-0.3, -0.25) is 0 Å². The maximum Gasteiger partial charge on any atom is 0.137 e. The summed E-state index contributed by atoms with van der Waals surface area (Å²) in [5.41, 5.74) is 2.02. The van der Waals surface area contributed by atoms with E-state index in [-0.39, 0.29) is 0 Å². The van der Waals surface area contributed by atoms with Gasteiger partial charge in [-0.15, -0.1) is 0 Å². The lowest BCUT2D eigenvalue weighted by atomic mass is 10.1. The summed E-state index contributed by atoms with van der Waals surface area (Å²) in [6.07, 6.45) is 1.06. The summed E-state index contributed by atoms with van der Waals surface area (Å²) in [7, 11) is 1.61. The Balaban J connectivity index is 1.75. The van der Waals surface area contributed by atoms with E-state index in [2.05, 4.69) is 24.5 Å². The van der Waals surface area contributed by atoms with Gasteiger partial charge in [0.25, 0.3) is 0 Å². The number of nitrogens with one attached hydrogen (secondary N) is 2. The van der Waals surface area contributed by atoms with E-state index in [4.69, 9.17) is 21.1 Å². The van der Waals surface area contributed by atoms with Gasteiger partial charge in [-0.25, -0.2) is 0 Å². The predicted octanol–water partition coefficient (Wildman–Crippen LogP) is 5.30. The maximum atomic E-state index is 6.12. The third-order valence-corrected chi connectivity index (χ3v) is 4.03. The Labute approximate surface area is 155 Å². The summed E-state index contributed by atoms with van der Waals surface area (Å²) in [5.74, 6) is 2.24. The molecule has 136 valence electrons. The fourth-order valence-electron chi connectivity index (χ4n) is 2.30. The average molecular weight is 363 g/mol. The lowest BCUT2D eigenvalue weighted by Crippen LogP contribution is -2.13. The highest BCUT2D eigenvalue weighted by Crippen LogP contribution is 2.27. The van der Waals surface area contributed by atoms with Crippen molar-refractivity contribution < 1.29 is 9.47 Å². The van der Waals surface area contributed by atoms with Crippen LogP contribution in [0.3, 0.4) is 0 Å². The molecule has 2 N–H and O–H groups in total. The molecule has 0 aromatic heterocycles. The lowest BCUT2D eigenvalue weighted by molar-refractivity contribution is 0.289. The minimum Gasteiger partial charge on any atom is -0.495 e. The number of benzene rings is 2. The van der Waals surface area contributed by atoms with Gasteiger partial charge in [-0.1, -0.05) is 31.5 Å². The van der Waals surface area contributed by atoms with Crippen LogP contribution in [0.4, 0.5) is 11.4 Å². The fourth-order valence-corrected chi connectivity index (χ4v) is 2.56. The van der Waals surface area contributed by atoms with E-state index in [0.29, 0.717) is 16.7 Å². The van der Waals surface area contributed by atoms with Gasteiger partial charge in [0.15, 0.2) is 0 Å². The smallest absolute Gasteiger partial charge is 0.137 e. The SMILES string of the molecule is COc1ccc(NCCNc2cccc(OCCC(C)C)c2)cc1Cl. The first kappa shape index (κ1) is 19.3. The second-order valence-electron chi connectivity index (χ2n) is 6.26. The van der Waals surface area contributed by atoms with Crippen molar-refractivity contribution in [3.05, 3.63) is 47.5 Å². The number of hydrogen-bond donors (Lipinski definition) is 2. The highest BCUT2D eigenvalue weighted by atomic mass is 35.5. The van der Waals surface area contributed by atoms with Crippen LogP contribution in [0.2, 0.25) is 5.02 Å². The highest BCUT2D eigenvalue weighted by Gasteiger charge is 2.02. The van der Waals surface area contributed by atoms with Crippen LogP contribution < -0.4 is 20.1 Å². The molecule has 5 heteroatoms. The minimum absolute atomic E-state index is 0.603. The van der Waals surface area contributed by atoms with Gasteiger partial charge >= 0.3 is 0 Å². The molecule has 0 heterocycles. The van der Waals surface area contributed by atoms with E-state index in [1.807, 2.05) is 42.5 Å². The second kappa shape index (κ2) is 10.0. The third kappa shape index (κ3) is 6.75. The molecule has 0 fully saturated rings. The van der Waals surface area contributed by atoms with Crippen LogP contribution in [-0.2, 0) is 0 Å². The molecule has 0 bridgehead atoms. The van der Waals surface area contributed by atoms with Crippen LogP contribution in [0.1, 0.15) is 20.3 Å². The van der Waals surface area contributed by atoms with Crippen LogP contribution in [0.25, 0.3) is 0 Å². The Morgan fingerprint density at radius 1 is 1.00 bits per heavy atom. The van der Waals surface area contributed by atoms with E-state index < -0.39 is 0 Å². The molecule has 0 unspecified atom stereocenters. The van der Waals surface area contributed by atoms with Crippen molar-refractivity contribution in [3.63, 3.8) is 0 Å². The molecular weight excluding hydrogens is 336 g/mol. The van der Waals surface area contributed by atoms with Crippen molar-refractivity contribution in [2.45, 2.75) is 20.3 Å². The van der Waals surface area contributed by atoms with E-state index in [1.54, 1.807) is 7.11 Å². The van der Waals surface area contributed by atoms with E-state index in [9.17, 15) is 0 Å². The summed E-state index contributed by atoms with van der Waals surface area (Å²) >= 11 is 6.12. The zero-order valence-corrected chi connectivity index (χ0v) is 15.9. The summed E-state index contributed by atoms with van der Waals surface area (Å²) in [6, 6.07) is 13.7. The molecule has 0 spiro atoms. The molecule has 25 heavy (non-hydrogen) atoms. The van der Waals surface area contributed by atoms with Crippen LogP contribution in [0.5, 0.6) is 11.5 Å². The fraction of sp³-hybridized carbons (Fsp3) is 0.400. The normalized spacial score (nSPS) is 10.6. The Morgan fingerprint density at radius 2 is 1.72 bits per heavy atom. The first-order chi connectivity index (χ1) is 12.1. The Bertz CT molecular complexity index is 662. The van der Waals surface area contributed by atoms with Crippen molar-refractivity contribution in [3.8, 4) is 11.5 Å². The molecule has 2 aromatic carbocycles. The molecular formula is C20H27ClN2O2. The lowest BCUT2D eigenvalue weighted by Gasteiger charge is -2.12. The molecule has 0 atom stereocenters. The van der Waals surface area contributed by atoms with E-state index >= 15 is 0 Å². The molecule has 0 aliphatic carbocycles.